The highest BCUT2D eigenvalue weighted by Gasteiger charge is 2.12. The third-order valence-electron chi connectivity index (χ3n) is 3.59. The van der Waals surface area contributed by atoms with Crippen LogP contribution in [0, 0.1) is 13.8 Å². The van der Waals surface area contributed by atoms with Crippen LogP contribution in [0.1, 0.15) is 28.6 Å². The maximum atomic E-state index is 4.45. The van der Waals surface area contributed by atoms with Crippen molar-refractivity contribution in [2.45, 2.75) is 39.8 Å². The maximum Gasteiger partial charge on any atom is 0.0421 e. The summed E-state index contributed by atoms with van der Waals surface area (Å²) in [4.78, 5) is 8.32. The minimum atomic E-state index is 0.496. The van der Waals surface area contributed by atoms with Crippen LogP contribution in [0.5, 0.6) is 0 Å². The molecule has 2 aromatic rings. The molecule has 0 N–H and O–H groups in total. The summed E-state index contributed by atoms with van der Waals surface area (Å²) in [6, 6.07) is 6.92. The van der Waals surface area contributed by atoms with Gasteiger partial charge in [0, 0.05) is 35.8 Å². The molecule has 2 aromatic heterocycles. The van der Waals surface area contributed by atoms with E-state index in [1.54, 1.807) is 0 Å². The normalized spacial score (nSPS) is 12.9. The van der Waals surface area contributed by atoms with Crippen LogP contribution in [0.15, 0.2) is 29.8 Å². The van der Waals surface area contributed by atoms with Crippen molar-refractivity contribution >= 4 is 11.3 Å². The van der Waals surface area contributed by atoms with Gasteiger partial charge in [0.1, 0.15) is 0 Å². The van der Waals surface area contributed by atoms with Gasteiger partial charge in [-0.15, -0.1) is 11.3 Å². The van der Waals surface area contributed by atoms with E-state index < -0.39 is 0 Å². The van der Waals surface area contributed by atoms with Crippen LogP contribution < -0.4 is 0 Å². The van der Waals surface area contributed by atoms with E-state index >= 15 is 0 Å². The minimum absolute atomic E-state index is 0.496. The summed E-state index contributed by atoms with van der Waals surface area (Å²) >= 11 is 1.85. The van der Waals surface area contributed by atoms with Gasteiger partial charge in [-0.3, -0.25) is 9.88 Å². The quantitative estimate of drug-likeness (QED) is 0.824. The summed E-state index contributed by atoms with van der Waals surface area (Å²) in [5, 5.41) is 2.17. The molecule has 102 valence electrons. The second kappa shape index (κ2) is 6.31. The molecule has 0 saturated carbocycles. The first-order valence-corrected chi connectivity index (χ1v) is 7.59. The number of hydrogen-bond donors (Lipinski definition) is 0. The van der Waals surface area contributed by atoms with Crippen molar-refractivity contribution in [1.29, 1.82) is 0 Å². The summed E-state index contributed by atoms with van der Waals surface area (Å²) in [6.07, 6.45) is 2.91. The lowest BCUT2D eigenvalue weighted by molar-refractivity contribution is 0.248. The molecule has 0 aliphatic carbocycles. The first-order chi connectivity index (χ1) is 9.06. The van der Waals surface area contributed by atoms with Gasteiger partial charge in [0.2, 0.25) is 0 Å². The lowest BCUT2D eigenvalue weighted by Crippen LogP contribution is -2.30. The van der Waals surface area contributed by atoms with Crippen LogP contribution >= 0.6 is 11.3 Å². The van der Waals surface area contributed by atoms with Crippen LogP contribution in [-0.4, -0.2) is 23.0 Å². The monoisotopic (exact) mass is 274 g/mol. The Labute approximate surface area is 120 Å². The molecule has 2 rings (SSSR count). The van der Waals surface area contributed by atoms with Crippen LogP contribution in [-0.2, 0) is 13.0 Å². The topological polar surface area (TPSA) is 16.1 Å². The highest BCUT2D eigenvalue weighted by Crippen LogP contribution is 2.19. The lowest BCUT2D eigenvalue weighted by atomic mass is 10.1. The summed E-state index contributed by atoms with van der Waals surface area (Å²) in [7, 11) is 2.19. The van der Waals surface area contributed by atoms with Gasteiger partial charge in [-0.2, -0.15) is 0 Å². The Morgan fingerprint density at radius 2 is 2.11 bits per heavy atom. The third kappa shape index (κ3) is 3.88. The van der Waals surface area contributed by atoms with Crippen molar-refractivity contribution < 1.29 is 0 Å². The molecule has 0 aliphatic rings. The highest BCUT2D eigenvalue weighted by atomic mass is 32.1. The zero-order chi connectivity index (χ0) is 13.8. The number of nitrogens with zero attached hydrogens (tertiary/aromatic N) is 2. The molecule has 0 aliphatic heterocycles. The number of pyridine rings is 1. The molecule has 0 spiro atoms. The maximum absolute atomic E-state index is 4.45. The second-order valence-corrected chi connectivity index (χ2v) is 6.32. The summed E-state index contributed by atoms with van der Waals surface area (Å²) in [6.45, 7) is 7.60. The molecule has 19 heavy (non-hydrogen) atoms. The molecule has 1 unspecified atom stereocenters. The Bertz CT molecular complexity index is 533. The van der Waals surface area contributed by atoms with Gasteiger partial charge < -0.3 is 0 Å². The second-order valence-electron chi connectivity index (χ2n) is 5.32. The molecule has 2 nitrogen and oxygen atoms in total. The standard InChI is InChI=1S/C16H22N2S/c1-12-5-7-17-15(9-12)10-14(3)18(4)11-16-13(2)6-8-19-16/h5-9,14H,10-11H2,1-4H3. The van der Waals surface area contributed by atoms with E-state index in [2.05, 4.69) is 55.2 Å². The van der Waals surface area contributed by atoms with Gasteiger partial charge in [0.05, 0.1) is 0 Å². The average molecular weight is 274 g/mol. The van der Waals surface area contributed by atoms with Crippen LogP contribution in [0.3, 0.4) is 0 Å². The number of aromatic nitrogens is 1. The van der Waals surface area contributed by atoms with E-state index in [4.69, 9.17) is 0 Å². The molecular weight excluding hydrogens is 252 g/mol. The number of hydrogen-bond acceptors (Lipinski definition) is 3. The van der Waals surface area contributed by atoms with Gasteiger partial charge >= 0.3 is 0 Å². The van der Waals surface area contributed by atoms with Crippen molar-refractivity contribution in [2.75, 3.05) is 7.05 Å². The lowest BCUT2D eigenvalue weighted by Gasteiger charge is -2.24. The zero-order valence-electron chi connectivity index (χ0n) is 12.2. The Morgan fingerprint density at radius 1 is 1.32 bits per heavy atom. The first kappa shape index (κ1) is 14.2. The third-order valence-corrected chi connectivity index (χ3v) is 4.60. The van der Waals surface area contributed by atoms with Crippen molar-refractivity contribution in [3.05, 3.63) is 51.5 Å². The highest BCUT2D eigenvalue weighted by molar-refractivity contribution is 7.10. The average Bonchev–Trinajstić information content (AvgIpc) is 2.75. The van der Waals surface area contributed by atoms with Crippen molar-refractivity contribution in [3.63, 3.8) is 0 Å². The van der Waals surface area contributed by atoms with Gasteiger partial charge in [-0.05, 0) is 62.5 Å². The molecule has 3 heteroatoms. The van der Waals surface area contributed by atoms with E-state index in [9.17, 15) is 0 Å². The molecular formula is C16H22N2S. The SMILES string of the molecule is Cc1ccnc(CC(C)N(C)Cc2sccc2C)c1. The molecule has 2 heterocycles. The molecule has 0 saturated heterocycles. The Kier molecular flexibility index (Phi) is 4.72. The fraction of sp³-hybridized carbons (Fsp3) is 0.438. The minimum Gasteiger partial charge on any atom is -0.298 e. The summed E-state index contributed by atoms with van der Waals surface area (Å²) < 4.78 is 0. The van der Waals surface area contributed by atoms with Gasteiger partial charge in [-0.1, -0.05) is 0 Å². The van der Waals surface area contributed by atoms with E-state index in [1.165, 1.54) is 21.7 Å². The fourth-order valence-corrected chi connectivity index (χ4v) is 3.09. The van der Waals surface area contributed by atoms with E-state index in [0.717, 1.165) is 13.0 Å². The van der Waals surface area contributed by atoms with E-state index in [-0.39, 0.29) is 0 Å². The Balaban J connectivity index is 1.96. The molecule has 0 bridgehead atoms. The van der Waals surface area contributed by atoms with Gasteiger partial charge in [-0.25, -0.2) is 0 Å². The molecule has 0 amide bonds. The van der Waals surface area contributed by atoms with Crippen LogP contribution in [0.25, 0.3) is 0 Å². The Morgan fingerprint density at radius 3 is 2.74 bits per heavy atom. The largest absolute Gasteiger partial charge is 0.298 e. The number of aryl methyl sites for hydroxylation is 2. The summed E-state index contributed by atoms with van der Waals surface area (Å²) in [5.74, 6) is 0. The van der Waals surface area contributed by atoms with Crippen LogP contribution in [0.4, 0.5) is 0 Å². The predicted molar refractivity (Wildman–Crippen MR) is 82.7 cm³/mol. The fourth-order valence-electron chi connectivity index (χ4n) is 2.12. The number of rotatable bonds is 5. The van der Waals surface area contributed by atoms with Crippen molar-refractivity contribution in [2.24, 2.45) is 0 Å². The van der Waals surface area contributed by atoms with E-state index in [1.807, 2.05) is 23.6 Å². The molecule has 0 radical (unpaired) electrons. The smallest absolute Gasteiger partial charge is 0.0421 e. The zero-order valence-corrected chi connectivity index (χ0v) is 13.0. The van der Waals surface area contributed by atoms with E-state index in [0.29, 0.717) is 6.04 Å². The van der Waals surface area contributed by atoms with Crippen LogP contribution in [0.2, 0.25) is 0 Å². The number of likely N-dealkylation sites (N-methyl/N-ethyl adjacent to an activating group) is 1. The summed E-state index contributed by atoms with van der Waals surface area (Å²) in [5.41, 5.74) is 3.87. The van der Waals surface area contributed by atoms with Crippen molar-refractivity contribution in [1.82, 2.24) is 9.88 Å². The Hall–Kier alpha value is -1.19. The predicted octanol–water partition coefficient (Wildman–Crippen LogP) is 3.82. The first-order valence-electron chi connectivity index (χ1n) is 6.71. The van der Waals surface area contributed by atoms with Crippen molar-refractivity contribution in [3.8, 4) is 0 Å². The molecule has 1 atom stereocenters. The van der Waals surface area contributed by atoms with Gasteiger partial charge in [0.15, 0.2) is 0 Å². The molecule has 0 aromatic carbocycles. The molecule has 0 fully saturated rings. The van der Waals surface area contributed by atoms with Gasteiger partial charge in [0.25, 0.3) is 0 Å². The number of thiophene rings is 1.